The van der Waals surface area contributed by atoms with E-state index in [2.05, 4.69) is 13.8 Å². The monoisotopic (exact) mass is 433 g/mol. The molecular formula is C26H56ClNO. The number of rotatable bonds is 23. The molecular weight excluding hydrogens is 378 g/mol. The zero-order chi connectivity index (χ0) is 20.7. The van der Waals surface area contributed by atoms with Crippen molar-refractivity contribution in [2.24, 2.45) is 11.7 Å². The van der Waals surface area contributed by atoms with E-state index in [1.807, 2.05) is 0 Å². The lowest BCUT2D eigenvalue weighted by Gasteiger charge is -2.19. The van der Waals surface area contributed by atoms with Gasteiger partial charge in [0.2, 0.25) is 0 Å². The molecule has 0 aromatic carbocycles. The van der Waals surface area contributed by atoms with Crippen LogP contribution in [0.1, 0.15) is 155 Å². The molecule has 0 rings (SSSR count). The Bertz CT molecular complexity index is 262. The first-order chi connectivity index (χ1) is 13.7. The first-order valence-electron chi connectivity index (χ1n) is 13.2. The summed E-state index contributed by atoms with van der Waals surface area (Å²) in [5, 5.41) is 9.88. The summed E-state index contributed by atoms with van der Waals surface area (Å²) in [7, 11) is 0. The molecule has 0 aliphatic heterocycles. The molecule has 0 amide bonds. The van der Waals surface area contributed by atoms with Crippen LogP contribution in [-0.4, -0.2) is 11.3 Å². The van der Waals surface area contributed by atoms with E-state index < -0.39 is 6.23 Å². The molecule has 3 heteroatoms. The minimum atomic E-state index is -0.614. The normalized spacial score (nSPS) is 12.3. The lowest BCUT2D eigenvalue weighted by molar-refractivity contribution is 0.0997. The van der Waals surface area contributed by atoms with Crippen LogP contribution < -0.4 is 5.73 Å². The molecule has 3 N–H and O–H groups in total. The number of nitrogens with two attached hydrogens (primary N) is 1. The molecule has 0 aromatic heterocycles. The van der Waals surface area contributed by atoms with Gasteiger partial charge in [0.1, 0.15) is 6.23 Å². The summed E-state index contributed by atoms with van der Waals surface area (Å²) in [6, 6.07) is 0. The molecule has 0 saturated carbocycles. The van der Waals surface area contributed by atoms with E-state index in [0.29, 0.717) is 5.92 Å². The Morgan fingerprint density at radius 3 is 0.966 bits per heavy atom. The van der Waals surface area contributed by atoms with E-state index in [9.17, 15) is 5.11 Å². The highest BCUT2D eigenvalue weighted by Gasteiger charge is 2.14. The largest absolute Gasteiger partial charge is 0.379 e. The van der Waals surface area contributed by atoms with Gasteiger partial charge in [-0.25, -0.2) is 0 Å². The van der Waals surface area contributed by atoms with E-state index >= 15 is 0 Å². The third-order valence-electron chi connectivity index (χ3n) is 6.34. The van der Waals surface area contributed by atoms with Crippen molar-refractivity contribution >= 4 is 12.4 Å². The van der Waals surface area contributed by atoms with E-state index in [4.69, 9.17) is 5.73 Å². The molecule has 0 aliphatic rings. The molecule has 0 aliphatic carbocycles. The molecule has 29 heavy (non-hydrogen) atoms. The number of halogens is 1. The predicted molar refractivity (Wildman–Crippen MR) is 134 cm³/mol. The average molecular weight is 434 g/mol. The molecule has 0 heterocycles. The fourth-order valence-corrected chi connectivity index (χ4v) is 4.27. The molecule has 0 aromatic rings. The topological polar surface area (TPSA) is 46.2 Å². The van der Waals surface area contributed by atoms with E-state index in [1.54, 1.807) is 0 Å². The highest BCUT2D eigenvalue weighted by molar-refractivity contribution is 5.85. The van der Waals surface area contributed by atoms with Gasteiger partial charge in [-0.3, -0.25) is 0 Å². The van der Waals surface area contributed by atoms with Crippen LogP contribution in [0, 0.1) is 5.92 Å². The van der Waals surface area contributed by atoms with E-state index in [1.165, 1.54) is 128 Å². The molecule has 2 nitrogen and oxygen atoms in total. The number of aliphatic hydroxyl groups excluding tert-OH is 1. The molecule has 1 unspecified atom stereocenters. The van der Waals surface area contributed by atoms with Crippen molar-refractivity contribution in [3.05, 3.63) is 0 Å². The first-order valence-corrected chi connectivity index (χ1v) is 13.2. The Morgan fingerprint density at radius 1 is 0.483 bits per heavy atom. The Labute approximate surface area is 190 Å². The predicted octanol–water partition coefficient (Wildman–Crippen LogP) is 8.92. The highest BCUT2D eigenvalue weighted by Crippen LogP contribution is 2.21. The Morgan fingerprint density at radius 2 is 0.724 bits per heavy atom. The minimum absolute atomic E-state index is 0. The maximum absolute atomic E-state index is 9.88. The first kappa shape index (κ1) is 31.4. The quantitative estimate of drug-likeness (QED) is 0.125. The van der Waals surface area contributed by atoms with Gasteiger partial charge in [0, 0.05) is 0 Å². The lowest BCUT2D eigenvalue weighted by atomic mass is 9.93. The second-order valence-electron chi connectivity index (χ2n) is 9.19. The van der Waals surface area contributed by atoms with Gasteiger partial charge < -0.3 is 10.8 Å². The smallest absolute Gasteiger partial charge is 0.105 e. The number of unbranched alkanes of at least 4 members (excludes halogenated alkanes) is 18. The zero-order valence-electron chi connectivity index (χ0n) is 20.1. The summed E-state index contributed by atoms with van der Waals surface area (Å²) in [5.74, 6) is 0.322. The van der Waals surface area contributed by atoms with Crippen molar-refractivity contribution in [1.82, 2.24) is 0 Å². The molecule has 0 spiro atoms. The number of hydrogen-bond donors (Lipinski definition) is 2. The standard InChI is InChI=1S/C26H55NO.ClH/c1-3-5-7-9-11-13-15-17-19-21-23-25(26(27)28)24-22-20-18-16-14-12-10-8-6-4-2;/h25-26,28H,3-24,27H2,1-2H3;1H. The molecule has 1 atom stereocenters. The van der Waals surface area contributed by atoms with Gasteiger partial charge in [0.05, 0.1) is 0 Å². The third-order valence-corrected chi connectivity index (χ3v) is 6.34. The minimum Gasteiger partial charge on any atom is -0.379 e. The second-order valence-corrected chi connectivity index (χ2v) is 9.19. The highest BCUT2D eigenvalue weighted by atomic mass is 35.5. The van der Waals surface area contributed by atoms with E-state index in [0.717, 1.165) is 12.8 Å². The van der Waals surface area contributed by atoms with Gasteiger partial charge in [-0.1, -0.05) is 142 Å². The summed E-state index contributed by atoms with van der Waals surface area (Å²) in [5.41, 5.74) is 5.83. The summed E-state index contributed by atoms with van der Waals surface area (Å²) in [6.07, 6.45) is 29.1. The van der Waals surface area contributed by atoms with Gasteiger partial charge in [-0.15, -0.1) is 12.4 Å². The Kier molecular flexibility index (Phi) is 28.4. The van der Waals surface area contributed by atoms with Crippen molar-refractivity contribution < 1.29 is 5.11 Å². The summed E-state index contributed by atoms with van der Waals surface area (Å²) >= 11 is 0. The van der Waals surface area contributed by atoms with Crippen molar-refractivity contribution in [2.45, 2.75) is 161 Å². The Balaban J connectivity index is 0. The maximum Gasteiger partial charge on any atom is 0.105 e. The van der Waals surface area contributed by atoms with Crippen LogP contribution in [0.5, 0.6) is 0 Å². The fraction of sp³-hybridized carbons (Fsp3) is 1.00. The van der Waals surface area contributed by atoms with Crippen LogP contribution in [0.2, 0.25) is 0 Å². The lowest BCUT2D eigenvalue weighted by Crippen LogP contribution is -2.29. The van der Waals surface area contributed by atoms with Gasteiger partial charge >= 0.3 is 0 Å². The van der Waals surface area contributed by atoms with Crippen molar-refractivity contribution in [3.8, 4) is 0 Å². The number of hydrogen-bond acceptors (Lipinski definition) is 2. The SMILES string of the molecule is CCCCCCCCCCCCC(CCCCCCCCCCCC)C(N)O.Cl. The maximum atomic E-state index is 9.88. The van der Waals surface area contributed by atoms with Crippen LogP contribution in [0.15, 0.2) is 0 Å². The van der Waals surface area contributed by atoms with Crippen molar-refractivity contribution in [2.75, 3.05) is 0 Å². The molecule has 0 radical (unpaired) electrons. The second kappa shape index (κ2) is 26.2. The zero-order valence-corrected chi connectivity index (χ0v) is 21.0. The molecule has 0 fully saturated rings. The van der Waals surface area contributed by atoms with Crippen LogP contribution in [0.3, 0.4) is 0 Å². The van der Waals surface area contributed by atoms with Crippen LogP contribution in [-0.2, 0) is 0 Å². The van der Waals surface area contributed by atoms with Gasteiger partial charge in [0.25, 0.3) is 0 Å². The molecule has 0 saturated heterocycles. The van der Waals surface area contributed by atoms with Gasteiger partial charge in [-0.05, 0) is 18.8 Å². The summed E-state index contributed by atoms with van der Waals surface area (Å²) < 4.78 is 0. The Hall–Kier alpha value is 0.210. The number of aliphatic hydroxyl groups is 1. The average Bonchev–Trinajstić information content (AvgIpc) is 2.68. The van der Waals surface area contributed by atoms with Gasteiger partial charge in [-0.2, -0.15) is 0 Å². The van der Waals surface area contributed by atoms with Crippen LogP contribution in [0.25, 0.3) is 0 Å². The van der Waals surface area contributed by atoms with Crippen molar-refractivity contribution in [1.29, 1.82) is 0 Å². The third kappa shape index (κ3) is 24.4. The van der Waals surface area contributed by atoms with Crippen LogP contribution in [0.4, 0.5) is 0 Å². The van der Waals surface area contributed by atoms with Crippen LogP contribution >= 0.6 is 12.4 Å². The van der Waals surface area contributed by atoms with E-state index in [-0.39, 0.29) is 12.4 Å². The van der Waals surface area contributed by atoms with Crippen molar-refractivity contribution in [3.63, 3.8) is 0 Å². The molecule has 178 valence electrons. The summed E-state index contributed by atoms with van der Waals surface area (Å²) in [4.78, 5) is 0. The fourth-order valence-electron chi connectivity index (χ4n) is 4.27. The summed E-state index contributed by atoms with van der Waals surface area (Å²) in [6.45, 7) is 4.56. The van der Waals surface area contributed by atoms with Gasteiger partial charge in [0.15, 0.2) is 0 Å². The molecule has 0 bridgehead atoms.